The van der Waals surface area contributed by atoms with Crippen LogP contribution in [0.25, 0.3) is 0 Å². The van der Waals surface area contributed by atoms with Gasteiger partial charge in [0.15, 0.2) is 0 Å². The van der Waals surface area contributed by atoms with Gasteiger partial charge < -0.3 is 19.9 Å². The predicted molar refractivity (Wildman–Crippen MR) is 97.7 cm³/mol. The quantitative estimate of drug-likeness (QED) is 0.877. The molecule has 0 saturated carbocycles. The number of aryl methyl sites for hydroxylation is 2. The molecule has 0 aliphatic carbocycles. The summed E-state index contributed by atoms with van der Waals surface area (Å²) in [5, 5.41) is 2.79. The minimum absolute atomic E-state index is 0.0675. The van der Waals surface area contributed by atoms with Crippen molar-refractivity contribution in [3.63, 3.8) is 0 Å². The summed E-state index contributed by atoms with van der Waals surface area (Å²) in [6.45, 7) is 5.76. The Morgan fingerprint density at radius 1 is 1.08 bits per heavy atom. The van der Waals surface area contributed by atoms with Crippen LogP contribution in [0.3, 0.4) is 0 Å². The normalized spacial score (nSPS) is 14.2. The highest BCUT2D eigenvalue weighted by atomic mass is 16.5. The van der Waals surface area contributed by atoms with Gasteiger partial charge in [-0.2, -0.15) is 0 Å². The summed E-state index contributed by atoms with van der Waals surface area (Å²) in [5.41, 5.74) is 2.65. The fourth-order valence-electron chi connectivity index (χ4n) is 2.88. The predicted octanol–water partition coefficient (Wildman–Crippen LogP) is 1.72. The number of morpholine rings is 1. The summed E-state index contributed by atoms with van der Waals surface area (Å²) in [6, 6.07) is 6.62. The van der Waals surface area contributed by atoms with E-state index in [1.165, 1.54) is 12.3 Å². The Balaban J connectivity index is 1.81. The average Bonchev–Trinajstić information content (AvgIpc) is 2.63. The maximum absolute atomic E-state index is 12.7. The van der Waals surface area contributed by atoms with Crippen molar-refractivity contribution >= 4 is 17.5 Å². The number of pyridine rings is 1. The maximum atomic E-state index is 12.7. The van der Waals surface area contributed by atoms with E-state index in [4.69, 9.17) is 4.74 Å². The zero-order chi connectivity index (χ0) is 18.7. The van der Waals surface area contributed by atoms with Crippen molar-refractivity contribution in [2.45, 2.75) is 13.8 Å². The molecule has 1 saturated heterocycles. The number of amides is 2. The van der Waals surface area contributed by atoms with Gasteiger partial charge in [0.2, 0.25) is 5.56 Å². The number of ether oxygens (including phenoxy) is 1. The van der Waals surface area contributed by atoms with Gasteiger partial charge in [0.25, 0.3) is 11.8 Å². The SMILES string of the molecule is Cc1cc(=O)[nH]cc1C(=O)Nc1ccc(C)c(C(=O)N2CCOCC2)c1. The Morgan fingerprint density at radius 2 is 1.81 bits per heavy atom. The van der Waals surface area contributed by atoms with Gasteiger partial charge in [0.05, 0.1) is 18.8 Å². The van der Waals surface area contributed by atoms with Crippen molar-refractivity contribution in [3.8, 4) is 0 Å². The van der Waals surface area contributed by atoms with Crippen LogP contribution in [0.5, 0.6) is 0 Å². The van der Waals surface area contributed by atoms with E-state index in [2.05, 4.69) is 10.3 Å². The zero-order valence-electron chi connectivity index (χ0n) is 14.8. The zero-order valence-corrected chi connectivity index (χ0v) is 14.8. The Morgan fingerprint density at radius 3 is 2.50 bits per heavy atom. The van der Waals surface area contributed by atoms with Crippen molar-refractivity contribution in [3.05, 3.63) is 63.1 Å². The number of nitrogens with one attached hydrogen (secondary N) is 2. The van der Waals surface area contributed by atoms with E-state index in [0.29, 0.717) is 48.7 Å². The average molecular weight is 355 g/mol. The molecule has 26 heavy (non-hydrogen) atoms. The molecule has 0 bridgehead atoms. The first-order valence-electron chi connectivity index (χ1n) is 8.44. The number of hydrogen-bond acceptors (Lipinski definition) is 4. The van der Waals surface area contributed by atoms with E-state index in [-0.39, 0.29) is 17.4 Å². The van der Waals surface area contributed by atoms with Crippen LogP contribution >= 0.6 is 0 Å². The van der Waals surface area contributed by atoms with Crippen LogP contribution in [0.15, 0.2) is 35.3 Å². The molecule has 1 fully saturated rings. The summed E-state index contributed by atoms with van der Waals surface area (Å²) in [5.74, 6) is -0.408. The third kappa shape index (κ3) is 3.83. The van der Waals surface area contributed by atoms with E-state index in [0.717, 1.165) is 5.56 Å². The molecule has 1 aromatic carbocycles. The van der Waals surface area contributed by atoms with Crippen molar-refractivity contribution in [1.29, 1.82) is 0 Å². The molecule has 0 atom stereocenters. The van der Waals surface area contributed by atoms with Crippen LogP contribution in [0.2, 0.25) is 0 Å². The molecule has 0 unspecified atom stereocenters. The third-order valence-electron chi connectivity index (χ3n) is 4.40. The van der Waals surface area contributed by atoms with E-state index < -0.39 is 0 Å². The minimum atomic E-state index is -0.340. The molecule has 1 aromatic heterocycles. The molecule has 1 aliphatic heterocycles. The largest absolute Gasteiger partial charge is 0.378 e. The summed E-state index contributed by atoms with van der Waals surface area (Å²) >= 11 is 0. The molecule has 136 valence electrons. The van der Waals surface area contributed by atoms with E-state index in [1.54, 1.807) is 24.0 Å². The maximum Gasteiger partial charge on any atom is 0.257 e. The molecule has 7 nitrogen and oxygen atoms in total. The van der Waals surface area contributed by atoms with Crippen molar-refractivity contribution in [1.82, 2.24) is 9.88 Å². The van der Waals surface area contributed by atoms with Crippen LogP contribution in [0.4, 0.5) is 5.69 Å². The van der Waals surface area contributed by atoms with Gasteiger partial charge in [0.1, 0.15) is 0 Å². The molecular weight excluding hydrogens is 334 g/mol. The number of aromatic nitrogens is 1. The lowest BCUT2D eigenvalue weighted by Gasteiger charge is -2.27. The Labute approximate surface area is 151 Å². The summed E-state index contributed by atoms with van der Waals surface area (Å²) in [4.78, 5) is 40.8. The third-order valence-corrected chi connectivity index (χ3v) is 4.40. The van der Waals surface area contributed by atoms with Crippen LogP contribution < -0.4 is 10.9 Å². The second-order valence-corrected chi connectivity index (χ2v) is 6.28. The Bertz CT molecular complexity index is 898. The summed E-state index contributed by atoms with van der Waals surface area (Å²) < 4.78 is 5.28. The van der Waals surface area contributed by atoms with Gasteiger partial charge in [-0.15, -0.1) is 0 Å². The highest BCUT2D eigenvalue weighted by Gasteiger charge is 2.20. The van der Waals surface area contributed by atoms with Gasteiger partial charge >= 0.3 is 0 Å². The van der Waals surface area contributed by atoms with E-state index in [1.807, 2.05) is 13.0 Å². The number of carbonyl (C=O) groups excluding carboxylic acids is 2. The first-order valence-corrected chi connectivity index (χ1v) is 8.44. The van der Waals surface area contributed by atoms with Crippen molar-refractivity contribution in [2.75, 3.05) is 31.6 Å². The van der Waals surface area contributed by atoms with Crippen molar-refractivity contribution in [2.24, 2.45) is 0 Å². The molecule has 2 aromatic rings. The number of carbonyl (C=O) groups is 2. The number of H-pyrrole nitrogens is 1. The molecule has 2 amide bonds. The highest BCUT2D eigenvalue weighted by Crippen LogP contribution is 2.19. The highest BCUT2D eigenvalue weighted by molar-refractivity contribution is 6.06. The lowest BCUT2D eigenvalue weighted by molar-refractivity contribution is 0.0302. The lowest BCUT2D eigenvalue weighted by atomic mass is 10.1. The van der Waals surface area contributed by atoms with Crippen LogP contribution in [0, 0.1) is 13.8 Å². The van der Waals surface area contributed by atoms with Gasteiger partial charge in [-0.3, -0.25) is 14.4 Å². The second-order valence-electron chi connectivity index (χ2n) is 6.28. The lowest BCUT2D eigenvalue weighted by Crippen LogP contribution is -2.41. The monoisotopic (exact) mass is 355 g/mol. The van der Waals surface area contributed by atoms with Gasteiger partial charge in [-0.05, 0) is 37.1 Å². The van der Waals surface area contributed by atoms with E-state index in [9.17, 15) is 14.4 Å². The Hall–Kier alpha value is -2.93. The van der Waals surface area contributed by atoms with Gasteiger partial charge in [0, 0.05) is 36.6 Å². The number of benzene rings is 1. The van der Waals surface area contributed by atoms with Crippen LogP contribution in [0.1, 0.15) is 31.8 Å². The standard InChI is InChI=1S/C19H21N3O4/c1-12-3-4-14(10-15(12)19(25)22-5-7-26-8-6-22)21-18(24)16-11-20-17(23)9-13(16)2/h3-4,9-11H,5-8H2,1-2H3,(H,20,23)(H,21,24). The summed E-state index contributed by atoms with van der Waals surface area (Å²) in [7, 11) is 0. The fraction of sp³-hybridized carbons (Fsp3) is 0.316. The molecule has 7 heteroatoms. The minimum Gasteiger partial charge on any atom is -0.378 e. The van der Waals surface area contributed by atoms with E-state index >= 15 is 0 Å². The number of aromatic amines is 1. The van der Waals surface area contributed by atoms with Crippen molar-refractivity contribution < 1.29 is 14.3 Å². The summed E-state index contributed by atoms with van der Waals surface area (Å²) in [6.07, 6.45) is 1.39. The molecule has 0 radical (unpaired) electrons. The molecule has 2 heterocycles. The van der Waals surface area contributed by atoms with Gasteiger partial charge in [-0.25, -0.2) is 0 Å². The smallest absolute Gasteiger partial charge is 0.257 e. The number of nitrogens with zero attached hydrogens (tertiary/aromatic N) is 1. The molecule has 2 N–H and O–H groups in total. The molecular formula is C19H21N3O4. The fourth-order valence-corrected chi connectivity index (χ4v) is 2.88. The van der Waals surface area contributed by atoms with Crippen LogP contribution in [-0.2, 0) is 4.74 Å². The molecule has 0 spiro atoms. The van der Waals surface area contributed by atoms with Gasteiger partial charge in [-0.1, -0.05) is 6.07 Å². The topological polar surface area (TPSA) is 91.5 Å². The first-order chi connectivity index (χ1) is 12.5. The van der Waals surface area contributed by atoms with Crippen LogP contribution in [-0.4, -0.2) is 48.0 Å². The first kappa shape index (κ1) is 17.9. The number of hydrogen-bond donors (Lipinski definition) is 2. The second kappa shape index (κ2) is 7.53. The number of rotatable bonds is 3. The number of anilines is 1. The molecule has 3 rings (SSSR count). The Kier molecular flexibility index (Phi) is 5.18. The molecule has 1 aliphatic rings.